The summed E-state index contributed by atoms with van der Waals surface area (Å²) >= 11 is 0. The minimum atomic E-state index is -4.14. The molecule has 0 aliphatic rings. The van der Waals surface area contributed by atoms with E-state index in [9.17, 15) is 9.36 Å². The molecule has 0 aliphatic heterocycles. The molecule has 7 nitrogen and oxygen atoms in total. The normalized spacial score (nSPS) is 17.9. The molecule has 0 aromatic rings. The van der Waals surface area contributed by atoms with Crippen molar-refractivity contribution in [1.29, 1.82) is 0 Å². The van der Waals surface area contributed by atoms with Gasteiger partial charge in [-0.15, -0.1) is 0 Å². The number of phosphoric ester groups is 1. The van der Waals surface area contributed by atoms with E-state index in [1.165, 1.54) is 13.8 Å². The fourth-order valence-corrected chi connectivity index (χ4v) is 1.91. The predicted molar refractivity (Wildman–Crippen MR) is 59.2 cm³/mol. The van der Waals surface area contributed by atoms with Gasteiger partial charge >= 0.3 is 13.8 Å². The first-order chi connectivity index (χ1) is 7.79. The molecule has 0 aromatic carbocycles. The summed E-state index contributed by atoms with van der Waals surface area (Å²) < 4.78 is 25.6. The zero-order valence-corrected chi connectivity index (χ0v) is 10.6. The van der Waals surface area contributed by atoms with Gasteiger partial charge in [-0.3, -0.25) is 9.05 Å². The molecular weight excluding hydrogens is 251 g/mol. The third-order valence-electron chi connectivity index (χ3n) is 1.32. The van der Waals surface area contributed by atoms with E-state index in [0.29, 0.717) is 0 Å². The van der Waals surface area contributed by atoms with Gasteiger partial charge in [0.15, 0.2) is 0 Å². The molecule has 0 spiro atoms. The molecule has 17 heavy (non-hydrogen) atoms. The lowest BCUT2D eigenvalue weighted by Crippen LogP contribution is -2.16. The monoisotopic (exact) mass is 268 g/mol. The van der Waals surface area contributed by atoms with Gasteiger partial charge in [0.1, 0.15) is 0 Å². The number of carbonyl (C=O) groups excluding carboxylic acids is 1. The summed E-state index contributed by atoms with van der Waals surface area (Å²) in [5.74, 6) is -0.982. The van der Waals surface area contributed by atoms with Crippen molar-refractivity contribution in [3.8, 4) is 0 Å². The van der Waals surface area contributed by atoms with Crippen molar-refractivity contribution in [2.75, 3.05) is 13.2 Å². The molecule has 0 heterocycles. The van der Waals surface area contributed by atoms with Crippen molar-refractivity contribution in [1.82, 2.24) is 0 Å². The molecule has 0 radical (unpaired) electrons. The van der Waals surface area contributed by atoms with Gasteiger partial charge in [-0.2, -0.15) is 0 Å². The Labute approximate surface area is 99.6 Å². The molecule has 0 bridgehead atoms. The number of hydrogen-bond donors (Lipinski definition) is 2. The standard InChI is InChI=1S/C9H17O7P/c1-4-9(12)16-17(13,14-5-7(2)10)15-6-8(3)11/h4,7-8,10-11H,1,5-6H2,2-3H3. The molecule has 0 rings (SSSR count). The average molecular weight is 268 g/mol. The Kier molecular flexibility index (Phi) is 7.26. The fraction of sp³-hybridized carbons (Fsp3) is 0.667. The number of aliphatic hydroxyl groups excluding tert-OH is 2. The van der Waals surface area contributed by atoms with Crippen LogP contribution in [0.5, 0.6) is 0 Å². The minimum absolute atomic E-state index is 0.332. The Balaban J connectivity index is 4.50. The van der Waals surface area contributed by atoms with Gasteiger partial charge in [-0.1, -0.05) is 6.58 Å². The van der Waals surface area contributed by atoms with E-state index < -0.39 is 26.0 Å². The third kappa shape index (κ3) is 8.06. The molecule has 8 heteroatoms. The van der Waals surface area contributed by atoms with Crippen LogP contribution >= 0.6 is 7.82 Å². The molecule has 0 saturated carbocycles. The fourth-order valence-electron chi connectivity index (χ4n) is 0.636. The van der Waals surface area contributed by atoms with Crippen molar-refractivity contribution >= 4 is 13.8 Å². The summed E-state index contributed by atoms with van der Waals surface area (Å²) in [6.45, 7) is 5.26. The molecule has 2 atom stereocenters. The van der Waals surface area contributed by atoms with E-state index in [-0.39, 0.29) is 13.2 Å². The van der Waals surface area contributed by atoms with Gasteiger partial charge < -0.3 is 14.7 Å². The van der Waals surface area contributed by atoms with E-state index in [1.807, 2.05) is 0 Å². The van der Waals surface area contributed by atoms with Crippen LogP contribution in [-0.2, 0) is 22.9 Å². The second-order valence-corrected chi connectivity index (χ2v) is 4.94. The lowest BCUT2D eigenvalue weighted by Gasteiger charge is -2.18. The molecular formula is C9H17O7P. The first-order valence-corrected chi connectivity index (χ1v) is 6.36. The summed E-state index contributed by atoms with van der Waals surface area (Å²) in [7, 11) is -4.14. The van der Waals surface area contributed by atoms with Crippen LogP contribution in [0.4, 0.5) is 0 Å². The Bertz CT molecular complexity index is 284. The quantitative estimate of drug-likeness (QED) is 0.491. The zero-order valence-electron chi connectivity index (χ0n) is 9.74. The molecule has 0 saturated heterocycles. The van der Waals surface area contributed by atoms with Crippen LogP contribution < -0.4 is 0 Å². The van der Waals surface area contributed by atoms with Crippen LogP contribution in [0.25, 0.3) is 0 Å². The van der Waals surface area contributed by atoms with Crippen LogP contribution in [0.1, 0.15) is 13.8 Å². The van der Waals surface area contributed by atoms with E-state index in [1.54, 1.807) is 0 Å². The molecule has 0 amide bonds. The van der Waals surface area contributed by atoms with Crippen molar-refractivity contribution in [2.24, 2.45) is 0 Å². The summed E-state index contributed by atoms with van der Waals surface area (Å²) in [5, 5.41) is 17.9. The van der Waals surface area contributed by atoms with E-state index in [0.717, 1.165) is 6.08 Å². The third-order valence-corrected chi connectivity index (χ3v) is 2.65. The smallest absolute Gasteiger partial charge is 0.391 e. The van der Waals surface area contributed by atoms with Crippen LogP contribution in [0, 0.1) is 0 Å². The topological polar surface area (TPSA) is 102 Å². The second kappa shape index (κ2) is 7.58. The first kappa shape index (κ1) is 16.3. The van der Waals surface area contributed by atoms with Gasteiger partial charge in [-0.25, -0.2) is 9.36 Å². The van der Waals surface area contributed by atoms with Gasteiger partial charge in [0.25, 0.3) is 0 Å². The highest BCUT2D eigenvalue weighted by molar-refractivity contribution is 7.49. The maximum Gasteiger partial charge on any atom is 0.532 e. The summed E-state index contributed by atoms with van der Waals surface area (Å²) in [5.41, 5.74) is 0. The molecule has 2 N–H and O–H groups in total. The lowest BCUT2D eigenvalue weighted by molar-refractivity contribution is -0.131. The maximum atomic E-state index is 11.8. The number of phosphoric acid groups is 1. The highest BCUT2D eigenvalue weighted by Gasteiger charge is 2.31. The summed E-state index contributed by atoms with van der Waals surface area (Å²) in [4.78, 5) is 10.9. The molecule has 100 valence electrons. The van der Waals surface area contributed by atoms with E-state index in [4.69, 9.17) is 19.3 Å². The van der Waals surface area contributed by atoms with E-state index >= 15 is 0 Å². The Morgan fingerprint density at radius 3 is 2.00 bits per heavy atom. The van der Waals surface area contributed by atoms with Gasteiger partial charge in [-0.05, 0) is 13.8 Å². The van der Waals surface area contributed by atoms with Crippen LogP contribution in [0.15, 0.2) is 12.7 Å². The van der Waals surface area contributed by atoms with Crippen LogP contribution in [0.3, 0.4) is 0 Å². The van der Waals surface area contributed by atoms with Gasteiger partial charge in [0, 0.05) is 6.08 Å². The van der Waals surface area contributed by atoms with Crippen molar-refractivity contribution < 1.29 is 33.1 Å². The lowest BCUT2D eigenvalue weighted by atomic mass is 10.5. The SMILES string of the molecule is C=CC(=O)OP(=O)(OCC(C)O)OCC(C)O. The number of carbonyl (C=O) groups is 1. The van der Waals surface area contributed by atoms with E-state index in [2.05, 4.69) is 11.1 Å². The maximum absolute atomic E-state index is 11.8. The van der Waals surface area contributed by atoms with Gasteiger partial charge in [0.05, 0.1) is 25.4 Å². The van der Waals surface area contributed by atoms with Crippen molar-refractivity contribution in [3.05, 3.63) is 12.7 Å². The number of rotatable bonds is 8. The average Bonchev–Trinajstić information content (AvgIpc) is 2.24. The minimum Gasteiger partial charge on any atom is -0.391 e. The number of hydrogen-bond acceptors (Lipinski definition) is 7. The van der Waals surface area contributed by atoms with Crippen molar-refractivity contribution in [2.45, 2.75) is 26.1 Å². The predicted octanol–water partition coefficient (Wildman–Crippen LogP) is 0.618. The molecule has 2 unspecified atom stereocenters. The molecule has 0 aromatic heterocycles. The van der Waals surface area contributed by atoms with Crippen molar-refractivity contribution in [3.63, 3.8) is 0 Å². The second-order valence-electron chi connectivity index (χ2n) is 3.35. The molecule has 0 fully saturated rings. The summed E-state index contributed by atoms with van der Waals surface area (Å²) in [6, 6.07) is 0. The number of aliphatic hydroxyl groups is 2. The highest BCUT2D eigenvalue weighted by atomic mass is 31.2. The Hall–Kier alpha value is -0.720. The van der Waals surface area contributed by atoms with Crippen LogP contribution in [-0.4, -0.2) is 41.6 Å². The molecule has 0 aliphatic carbocycles. The Morgan fingerprint density at radius 2 is 1.71 bits per heavy atom. The van der Waals surface area contributed by atoms with Crippen LogP contribution in [0.2, 0.25) is 0 Å². The largest absolute Gasteiger partial charge is 0.532 e. The summed E-state index contributed by atoms with van der Waals surface area (Å²) in [6.07, 6.45) is -1.01. The highest BCUT2D eigenvalue weighted by Crippen LogP contribution is 2.49. The zero-order chi connectivity index (χ0) is 13.5. The first-order valence-electron chi connectivity index (χ1n) is 4.90. The van der Waals surface area contributed by atoms with Gasteiger partial charge in [0.2, 0.25) is 0 Å². The Morgan fingerprint density at radius 1 is 1.29 bits per heavy atom.